The van der Waals surface area contributed by atoms with Crippen molar-refractivity contribution in [3.63, 3.8) is 0 Å². The van der Waals surface area contributed by atoms with Crippen molar-refractivity contribution in [3.05, 3.63) is 0 Å². The average Bonchev–Trinajstić information content (AvgIpc) is 2.48. The van der Waals surface area contributed by atoms with E-state index in [2.05, 4.69) is 11.6 Å². The zero-order valence-electron chi connectivity index (χ0n) is 13.8. The Labute approximate surface area is 170 Å². The van der Waals surface area contributed by atoms with Crippen molar-refractivity contribution in [1.29, 1.82) is 0 Å². The Hall–Kier alpha value is -1.64. The number of hydrogen-bond donors (Lipinski definition) is 0. The van der Waals surface area contributed by atoms with E-state index in [0.717, 1.165) is 0 Å². The van der Waals surface area contributed by atoms with Crippen molar-refractivity contribution < 1.29 is 92.6 Å². The van der Waals surface area contributed by atoms with Crippen molar-refractivity contribution in [3.8, 4) is 0 Å². The van der Waals surface area contributed by atoms with Gasteiger partial charge in [0.1, 0.15) is 0 Å². The fourth-order valence-electron chi connectivity index (χ4n) is 1.47. The van der Waals surface area contributed by atoms with Crippen LogP contribution in [0.2, 0.25) is 0 Å². The predicted octanol–water partition coefficient (Wildman–Crippen LogP) is 7.08. The summed E-state index contributed by atoms with van der Waals surface area (Å²) in [5.74, 6) is -23.8. The first kappa shape index (κ1) is 31.4. The van der Waals surface area contributed by atoms with Gasteiger partial charge in [-0.05, 0) is 11.6 Å². The van der Waals surface area contributed by atoms with Gasteiger partial charge >= 0.3 is 53.5 Å². The summed E-state index contributed by atoms with van der Waals surface area (Å²) in [5.41, 5.74) is -13.9. The van der Waals surface area contributed by atoms with E-state index in [9.17, 15) is 87.8 Å². The van der Waals surface area contributed by atoms with Gasteiger partial charge in [0.05, 0.1) is 0 Å². The maximum absolute atomic E-state index is 13.8. The summed E-state index contributed by atoms with van der Waals surface area (Å²) in [6, 6.07) is 0. The molecule has 0 aliphatic heterocycles. The summed E-state index contributed by atoms with van der Waals surface area (Å²) in [6.07, 6.45) is -31.6. The number of nitrogens with zero attached hydrogens (tertiary/aromatic N) is 1. The lowest BCUT2D eigenvalue weighted by molar-refractivity contribution is -0.383. The second-order valence-corrected chi connectivity index (χ2v) is 5.90. The molecule has 0 aliphatic carbocycles. The van der Waals surface area contributed by atoms with Gasteiger partial charge in [-0.25, -0.2) is 4.39 Å². The van der Waals surface area contributed by atoms with Gasteiger partial charge in [-0.1, -0.05) is 5.16 Å². The Morgan fingerprint density at radius 3 is 1.06 bits per heavy atom. The smallest absolute Gasteiger partial charge is 0.336 e. The van der Waals surface area contributed by atoms with Crippen molar-refractivity contribution in [2.24, 2.45) is 5.16 Å². The molecular weight excluding hydrogens is 566 g/mol. The second-order valence-electron chi connectivity index (χ2n) is 5.42. The van der Waals surface area contributed by atoms with E-state index in [1.165, 1.54) is 0 Å². The van der Waals surface area contributed by atoms with E-state index in [0.29, 0.717) is 0 Å². The monoisotopic (exact) mass is 565 g/mol. The lowest BCUT2D eigenvalue weighted by Gasteiger charge is -2.37. The van der Waals surface area contributed by atoms with Crippen LogP contribution in [0.5, 0.6) is 0 Å². The first-order chi connectivity index (χ1) is 13.8. The molecule has 33 heavy (non-hydrogen) atoms. The fourth-order valence-corrected chi connectivity index (χ4v) is 1.61. The second kappa shape index (κ2) is 7.95. The molecule has 2 nitrogen and oxygen atoms in total. The molecule has 0 saturated heterocycles. The minimum Gasteiger partial charge on any atom is -0.336 e. The van der Waals surface area contributed by atoms with E-state index in [-0.39, 0.29) is 5.16 Å². The van der Waals surface area contributed by atoms with Crippen LogP contribution in [-0.4, -0.2) is 59.2 Å². The van der Waals surface area contributed by atoms with E-state index in [4.69, 9.17) is 0 Å². The van der Waals surface area contributed by atoms with E-state index >= 15 is 0 Å². The Morgan fingerprint density at radius 1 is 0.515 bits per heavy atom. The van der Waals surface area contributed by atoms with Crippen LogP contribution in [-0.2, 0) is 4.84 Å². The summed E-state index contributed by atoms with van der Waals surface area (Å²) < 4.78 is 254. The normalized spacial score (nSPS) is 18.3. The third-order valence-corrected chi connectivity index (χ3v) is 3.39. The summed E-state index contributed by atoms with van der Waals surface area (Å²) >= 11 is 3.50. The van der Waals surface area contributed by atoms with Gasteiger partial charge in [0, 0.05) is 0 Å². The first-order valence-electron chi connectivity index (χ1n) is 6.58. The molecule has 23 heteroatoms. The molecule has 198 valence electrons. The molecular formula is C10ClF20NO. The summed E-state index contributed by atoms with van der Waals surface area (Å²) in [4.78, 5) is 1.74. The van der Waals surface area contributed by atoms with Crippen LogP contribution in [0.1, 0.15) is 0 Å². The Kier molecular flexibility index (Phi) is 7.56. The van der Waals surface area contributed by atoms with E-state index in [1.807, 2.05) is 0 Å². The molecule has 0 N–H and O–H groups in total. The van der Waals surface area contributed by atoms with Crippen LogP contribution in [0.4, 0.5) is 87.8 Å². The van der Waals surface area contributed by atoms with Crippen molar-refractivity contribution in [2.45, 2.75) is 53.5 Å². The molecule has 0 radical (unpaired) electrons. The standard InChI is InChI=1S/C10ClF20NO/c11-6(18,19)5(17,10(29,30)31)33-32-1(2(12,7(20,21)22)8(23,24)25)3(13,14)4(15,16)9(26,27)28/b32-1-. The van der Waals surface area contributed by atoms with Gasteiger partial charge in [-0.2, -0.15) is 83.4 Å². The minimum absolute atomic E-state index is 0.0974. The molecule has 0 aromatic carbocycles. The Morgan fingerprint density at radius 2 is 0.848 bits per heavy atom. The molecule has 0 spiro atoms. The topological polar surface area (TPSA) is 21.6 Å². The predicted molar refractivity (Wildman–Crippen MR) is 61.1 cm³/mol. The first-order valence-corrected chi connectivity index (χ1v) is 6.96. The molecule has 0 aliphatic rings. The highest BCUT2D eigenvalue weighted by molar-refractivity contribution is 6.22. The molecule has 1 atom stereocenters. The number of halogens is 21. The molecule has 0 saturated carbocycles. The van der Waals surface area contributed by atoms with Gasteiger partial charge in [0.2, 0.25) is 0 Å². The number of oxime groups is 1. The van der Waals surface area contributed by atoms with Crippen LogP contribution < -0.4 is 0 Å². The summed E-state index contributed by atoms with van der Waals surface area (Å²) in [5, 5.41) is -6.64. The molecule has 0 heterocycles. The maximum Gasteiger partial charge on any atom is 0.470 e. The zero-order chi connectivity index (χ0) is 27.5. The molecule has 1 unspecified atom stereocenters. The highest BCUT2D eigenvalue weighted by Crippen LogP contribution is 2.56. The van der Waals surface area contributed by atoms with Gasteiger partial charge in [-0.15, -0.1) is 0 Å². The Balaban J connectivity index is 7.57. The van der Waals surface area contributed by atoms with Crippen molar-refractivity contribution in [2.75, 3.05) is 0 Å². The lowest BCUT2D eigenvalue weighted by Crippen LogP contribution is -2.69. The van der Waals surface area contributed by atoms with E-state index in [1.54, 1.807) is 4.84 Å². The van der Waals surface area contributed by atoms with Crippen molar-refractivity contribution >= 4 is 17.3 Å². The van der Waals surface area contributed by atoms with Crippen LogP contribution >= 0.6 is 11.6 Å². The highest BCUT2D eigenvalue weighted by atomic mass is 35.5. The van der Waals surface area contributed by atoms with Crippen molar-refractivity contribution in [1.82, 2.24) is 0 Å². The largest absolute Gasteiger partial charge is 0.470 e. The van der Waals surface area contributed by atoms with Gasteiger partial charge in [0.25, 0.3) is 0 Å². The molecule has 0 amide bonds. The number of rotatable bonds is 6. The highest BCUT2D eigenvalue weighted by Gasteiger charge is 2.86. The lowest BCUT2D eigenvalue weighted by atomic mass is 9.89. The van der Waals surface area contributed by atoms with Crippen LogP contribution in [0.15, 0.2) is 5.16 Å². The van der Waals surface area contributed by atoms with Gasteiger partial charge < -0.3 is 4.84 Å². The van der Waals surface area contributed by atoms with Crippen LogP contribution in [0, 0.1) is 0 Å². The third-order valence-electron chi connectivity index (χ3n) is 3.15. The van der Waals surface area contributed by atoms with Crippen LogP contribution in [0.3, 0.4) is 0 Å². The average molecular weight is 566 g/mol. The molecule has 0 aromatic rings. The van der Waals surface area contributed by atoms with Crippen LogP contribution in [0.25, 0.3) is 0 Å². The molecule has 0 bridgehead atoms. The molecule has 0 rings (SSSR count). The maximum atomic E-state index is 13.8. The SMILES string of the molecule is FC(F)(F)C(F)(F)C(F)(F)/C(=N\OC(F)(C(F)(F)F)C(F)(F)Cl)C(F)(C(F)(F)F)C(F)(F)F. The molecule has 0 fully saturated rings. The quantitative estimate of drug-likeness (QED) is 0.146. The zero-order valence-corrected chi connectivity index (χ0v) is 14.5. The summed E-state index contributed by atoms with van der Waals surface area (Å²) in [7, 11) is 0. The number of alkyl halides is 21. The van der Waals surface area contributed by atoms with Gasteiger partial charge in [0.15, 0.2) is 5.71 Å². The Bertz CT molecular complexity index is 706. The third kappa shape index (κ3) is 4.93. The van der Waals surface area contributed by atoms with Gasteiger partial charge in [-0.3, -0.25) is 0 Å². The molecule has 0 aromatic heterocycles. The summed E-state index contributed by atoms with van der Waals surface area (Å²) in [6.45, 7) is 0. The number of hydrogen-bond acceptors (Lipinski definition) is 2. The van der Waals surface area contributed by atoms with E-state index < -0.39 is 59.2 Å². The minimum atomic E-state index is -8.31. The fraction of sp³-hybridized carbons (Fsp3) is 0.900.